The summed E-state index contributed by atoms with van der Waals surface area (Å²) in [5.74, 6) is 0.396. The van der Waals surface area contributed by atoms with E-state index in [-0.39, 0.29) is 23.1 Å². The number of carbonyl (C=O) groups excluding carboxylic acids is 1. The van der Waals surface area contributed by atoms with Crippen molar-refractivity contribution in [1.29, 1.82) is 0 Å². The molecule has 0 spiro atoms. The van der Waals surface area contributed by atoms with Crippen LogP contribution in [0.25, 0.3) is 0 Å². The lowest BCUT2D eigenvalue weighted by Gasteiger charge is -2.41. The lowest BCUT2D eigenvalue weighted by atomic mass is 9.80. The highest BCUT2D eigenvalue weighted by atomic mass is 28.4. The Bertz CT molecular complexity index is 2180. The zero-order chi connectivity index (χ0) is 41.0. The summed E-state index contributed by atoms with van der Waals surface area (Å²) in [6, 6.07) is 35.3. The summed E-state index contributed by atoms with van der Waals surface area (Å²) in [5, 5.41) is -0.139. The number of ether oxygens (including phenoxy) is 4. The number of aromatic nitrogens is 2. The molecule has 1 aromatic heterocycles. The van der Waals surface area contributed by atoms with E-state index in [2.05, 4.69) is 40.8 Å². The fourth-order valence-electron chi connectivity index (χ4n) is 7.39. The number of methoxy groups -OCH3 is 2. The zero-order valence-electron chi connectivity index (χ0n) is 34.1. The van der Waals surface area contributed by atoms with Crippen molar-refractivity contribution in [2.75, 3.05) is 20.8 Å². The van der Waals surface area contributed by atoms with E-state index >= 15 is 0 Å². The van der Waals surface area contributed by atoms with Crippen LogP contribution in [0.2, 0.25) is 18.1 Å². The minimum absolute atomic E-state index is 0.0697. The van der Waals surface area contributed by atoms with Gasteiger partial charge in [0.1, 0.15) is 29.4 Å². The van der Waals surface area contributed by atoms with Crippen molar-refractivity contribution in [2.24, 2.45) is 5.92 Å². The first-order valence-electron chi connectivity index (χ1n) is 19.5. The molecule has 0 N–H and O–H groups in total. The van der Waals surface area contributed by atoms with Crippen LogP contribution in [0.1, 0.15) is 73.8 Å². The third kappa shape index (κ3) is 8.34. The van der Waals surface area contributed by atoms with Crippen molar-refractivity contribution < 1.29 is 28.2 Å². The number of rotatable bonds is 14. The first-order chi connectivity index (χ1) is 27.2. The molecule has 0 unspecified atom stereocenters. The lowest BCUT2D eigenvalue weighted by Crippen LogP contribution is -2.49. The zero-order valence-corrected chi connectivity index (χ0v) is 35.1. The molecule has 0 saturated carbocycles. The second kappa shape index (κ2) is 17.2. The first-order valence-corrected chi connectivity index (χ1v) is 22.4. The molecule has 6 rings (SSSR count). The molecule has 1 fully saturated rings. The van der Waals surface area contributed by atoms with Crippen LogP contribution in [0.3, 0.4) is 0 Å². The van der Waals surface area contributed by atoms with Gasteiger partial charge in [-0.15, -0.1) is 0 Å². The van der Waals surface area contributed by atoms with Gasteiger partial charge in [0.2, 0.25) is 0 Å². The quantitative estimate of drug-likeness (QED) is 0.0816. The normalized spacial score (nSPS) is 18.7. The van der Waals surface area contributed by atoms with Crippen molar-refractivity contribution in [3.63, 3.8) is 0 Å². The highest BCUT2D eigenvalue weighted by Crippen LogP contribution is 2.47. The lowest BCUT2D eigenvalue weighted by molar-refractivity contribution is -0.0936. The van der Waals surface area contributed by atoms with Gasteiger partial charge in [0.05, 0.1) is 26.9 Å². The molecule has 11 heteroatoms. The first kappa shape index (κ1) is 41.6. The van der Waals surface area contributed by atoms with Crippen molar-refractivity contribution >= 4 is 14.2 Å². The van der Waals surface area contributed by atoms with E-state index in [9.17, 15) is 14.4 Å². The van der Waals surface area contributed by atoms with Crippen molar-refractivity contribution in [1.82, 2.24) is 9.13 Å². The van der Waals surface area contributed by atoms with Gasteiger partial charge in [-0.25, -0.2) is 4.79 Å². The predicted molar refractivity (Wildman–Crippen MR) is 224 cm³/mol. The summed E-state index contributed by atoms with van der Waals surface area (Å²) in [6.45, 7) is 13.1. The van der Waals surface area contributed by atoms with Crippen molar-refractivity contribution in [3.05, 3.63) is 165 Å². The highest BCUT2D eigenvalue weighted by molar-refractivity contribution is 6.74. The molecule has 1 aliphatic rings. The number of nitrogens with zero attached hydrogens (tertiary/aromatic N) is 2. The Morgan fingerprint density at radius 2 is 1.28 bits per heavy atom. The summed E-state index contributed by atoms with van der Waals surface area (Å²) in [7, 11) is 0.816. The minimum Gasteiger partial charge on any atom is -0.497 e. The van der Waals surface area contributed by atoms with Crippen LogP contribution in [0.5, 0.6) is 11.5 Å². The Morgan fingerprint density at radius 1 is 0.754 bits per heavy atom. The average Bonchev–Trinajstić information content (AvgIpc) is 3.54. The van der Waals surface area contributed by atoms with Crippen LogP contribution in [-0.4, -0.2) is 56.4 Å². The van der Waals surface area contributed by atoms with E-state index in [4.69, 9.17) is 23.4 Å². The van der Waals surface area contributed by atoms with Crippen molar-refractivity contribution in [2.45, 2.75) is 82.7 Å². The van der Waals surface area contributed by atoms with Crippen LogP contribution in [0, 0.1) is 5.92 Å². The summed E-state index contributed by atoms with van der Waals surface area (Å²) < 4.78 is 34.8. The van der Waals surface area contributed by atoms with Crippen LogP contribution >= 0.6 is 0 Å². The van der Waals surface area contributed by atoms with Gasteiger partial charge in [0.25, 0.3) is 11.5 Å². The number of benzene rings is 4. The molecule has 2 heterocycles. The molecule has 1 saturated heterocycles. The highest BCUT2D eigenvalue weighted by Gasteiger charge is 2.52. The summed E-state index contributed by atoms with van der Waals surface area (Å²) in [6.07, 6.45) is 0.857. The van der Waals surface area contributed by atoms with Gasteiger partial charge in [0.15, 0.2) is 8.32 Å². The molecule has 5 aromatic rings. The SMILES string of the molecule is CCC[C@@H]1[C@H](O[Si](C)(C)C(C)(C)C)[C@@H](COC(c2ccccc2)(c2ccc(OC)cc2)c2ccc(OC)cc2)O[C@H]1n1ccc(=O)n(C(=O)c2ccccc2)c1=O. The molecule has 57 heavy (non-hydrogen) atoms. The summed E-state index contributed by atoms with van der Waals surface area (Å²) in [4.78, 5) is 41.1. The van der Waals surface area contributed by atoms with Gasteiger partial charge in [-0.2, -0.15) is 4.57 Å². The van der Waals surface area contributed by atoms with E-state index in [0.29, 0.717) is 22.5 Å². The van der Waals surface area contributed by atoms with Gasteiger partial charge in [-0.3, -0.25) is 14.2 Å². The second-order valence-corrected chi connectivity index (χ2v) is 20.8. The Labute approximate surface area is 336 Å². The fourth-order valence-corrected chi connectivity index (χ4v) is 8.75. The van der Waals surface area contributed by atoms with Crippen LogP contribution in [0.4, 0.5) is 0 Å². The molecular weight excluding hydrogens is 737 g/mol. The maximum Gasteiger partial charge on any atom is 0.340 e. The van der Waals surface area contributed by atoms with Gasteiger partial charge < -0.3 is 23.4 Å². The molecule has 300 valence electrons. The van der Waals surface area contributed by atoms with E-state index in [1.54, 1.807) is 44.6 Å². The van der Waals surface area contributed by atoms with Gasteiger partial charge >= 0.3 is 5.69 Å². The van der Waals surface area contributed by atoms with Gasteiger partial charge in [-0.05, 0) is 77.6 Å². The number of hydrogen-bond acceptors (Lipinski definition) is 8. The number of carbonyl (C=O) groups is 1. The third-order valence-corrected chi connectivity index (χ3v) is 15.9. The largest absolute Gasteiger partial charge is 0.497 e. The third-order valence-electron chi connectivity index (χ3n) is 11.5. The molecule has 0 aliphatic carbocycles. The molecular formula is C46H54N2O8Si. The average molecular weight is 791 g/mol. The van der Waals surface area contributed by atoms with Crippen LogP contribution < -0.4 is 20.7 Å². The maximum atomic E-state index is 14.3. The van der Waals surface area contributed by atoms with E-state index in [1.165, 1.54) is 16.8 Å². The molecule has 10 nitrogen and oxygen atoms in total. The molecule has 1 aliphatic heterocycles. The molecule has 0 bridgehead atoms. The van der Waals surface area contributed by atoms with E-state index < -0.39 is 49.5 Å². The number of hydrogen-bond donors (Lipinski definition) is 0. The topological polar surface area (TPSA) is 107 Å². The summed E-state index contributed by atoms with van der Waals surface area (Å²) in [5.41, 5.74) is 0.236. The van der Waals surface area contributed by atoms with Gasteiger partial charge in [-0.1, -0.05) is 107 Å². The molecule has 4 atom stereocenters. The standard InChI is InChI=1S/C46H54N2O8Si/c1-9-16-38-41(56-57(7,8)45(2,3)4)39(55-43(38)47-30-29-40(49)48(44(47)51)42(50)32-17-12-10-13-18-32)31-54-46(33-19-14-11-15-20-33,34-21-25-36(52-5)26-22-34)35-23-27-37(53-6)28-24-35/h10-15,17-30,38-39,41,43H,9,16,31H2,1-8H3/t38-,39-,41+,43-/m1/s1. The van der Waals surface area contributed by atoms with Crippen LogP contribution in [-0.2, 0) is 19.5 Å². The Balaban J connectivity index is 1.49. The second-order valence-electron chi connectivity index (χ2n) is 16.0. The smallest absolute Gasteiger partial charge is 0.340 e. The van der Waals surface area contributed by atoms with Gasteiger partial charge in [0, 0.05) is 23.7 Å². The van der Waals surface area contributed by atoms with Crippen molar-refractivity contribution in [3.8, 4) is 11.5 Å². The Hall–Kier alpha value is -5.07. The molecule has 0 radical (unpaired) electrons. The van der Waals surface area contributed by atoms with Crippen LogP contribution in [0.15, 0.2) is 131 Å². The summed E-state index contributed by atoms with van der Waals surface area (Å²) >= 11 is 0. The molecule has 0 amide bonds. The van der Waals surface area contributed by atoms with E-state index in [1.807, 2.05) is 78.9 Å². The Morgan fingerprint density at radius 3 is 1.79 bits per heavy atom. The predicted octanol–water partition coefficient (Wildman–Crippen LogP) is 8.43. The van der Waals surface area contributed by atoms with E-state index in [0.717, 1.165) is 23.1 Å². The maximum absolute atomic E-state index is 14.3. The minimum atomic E-state index is -2.46. The molecule has 4 aromatic carbocycles. The monoisotopic (exact) mass is 790 g/mol. The Kier molecular flexibility index (Phi) is 12.5. The fraction of sp³-hybridized carbons (Fsp3) is 0.370.